The van der Waals surface area contributed by atoms with Gasteiger partial charge in [-0.3, -0.25) is 0 Å². The Hall–Kier alpha value is -2.87. The minimum atomic E-state index is -0.715. The molecule has 0 radical (unpaired) electrons. The van der Waals surface area contributed by atoms with Crippen LogP contribution < -0.4 is 5.32 Å². The van der Waals surface area contributed by atoms with Gasteiger partial charge in [-0.15, -0.1) is 0 Å². The van der Waals surface area contributed by atoms with Gasteiger partial charge in [0.05, 0.1) is 5.69 Å². The van der Waals surface area contributed by atoms with Gasteiger partial charge in [0.2, 0.25) is 0 Å². The average molecular weight is 269 g/mol. The molecular formula is C15H9F2N3. The second-order valence-corrected chi connectivity index (χ2v) is 4.28. The number of hydrogen-bond acceptors (Lipinski definition) is 2. The van der Waals surface area contributed by atoms with Crippen molar-refractivity contribution in [3.63, 3.8) is 0 Å². The van der Waals surface area contributed by atoms with Crippen LogP contribution in [0.15, 0.2) is 42.5 Å². The van der Waals surface area contributed by atoms with Crippen molar-refractivity contribution in [1.29, 1.82) is 5.26 Å². The maximum atomic E-state index is 13.6. The number of hydrogen-bond donors (Lipinski definition) is 2. The number of aromatic nitrogens is 1. The number of aromatic amines is 1. The van der Waals surface area contributed by atoms with E-state index in [-0.39, 0.29) is 5.69 Å². The number of H-pyrrole nitrogens is 1. The first-order valence-corrected chi connectivity index (χ1v) is 5.92. The summed E-state index contributed by atoms with van der Waals surface area (Å²) in [5, 5.41) is 12.8. The Labute approximate surface area is 113 Å². The van der Waals surface area contributed by atoms with Gasteiger partial charge in [-0.2, -0.15) is 5.26 Å². The lowest BCUT2D eigenvalue weighted by Crippen LogP contribution is -1.96. The number of rotatable bonds is 2. The Bertz CT molecular complexity index is 831. The molecule has 3 rings (SSSR count). The molecule has 20 heavy (non-hydrogen) atoms. The van der Waals surface area contributed by atoms with Gasteiger partial charge in [0.1, 0.15) is 29.1 Å². The van der Waals surface area contributed by atoms with Crippen LogP contribution in [0.1, 0.15) is 5.56 Å². The van der Waals surface area contributed by atoms with E-state index in [1.54, 1.807) is 6.07 Å². The molecule has 0 fully saturated rings. The van der Waals surface area contributed by atoms with E-state index in [0.717, 1.165) is 23.0 Å². The SMILES string of the molecule is N#Cc1c(Nc2ccc(F)cc2F)[nH]c2ccccc12. The molecule has 2 N–H and O–H groups in total. The first kappa shape index (κ1) is 12.2. The van der Waals surface area contributed by atoms with E-state index in [0.29, 0.717) is 11.4 Å². The lowest BCUT2D eigenvalue weighted by Gasteiger charge is -2.05. The summed E-state index contributed by atoms with van der Waals surface area (Å²) < 4.78 is 26.5. The van der Waals surface area contributed by atoms with Crippen LogP contribution in [0.5, 0.6) is 0 Å². The van der Waals surface area contributed by atoms with Crippen LogP contribution in [0, 0.1) is 23.0 Å². The van der Waals surface area contributed by atoms with E-state index in [9.17, 15) is 14.0 Å². The van der Waals surface area contributed by atoms with Crippen LogP contribution in [0.2, 0.25) is 0 Å². The van der Waals surface area contributed by atoms with Gasteiger partial charge < -0.3 is 10.3 Å². The first-order valence-electron chi connectivity index (χ1n) is 5.92. The van der Waals surface area contributed by atoms with Crippen LogP contribution in [0.25, 0.3) is 10.9 Å². The van der Waals surface area contributed by atoms with E-state index < -0.39 is 11.6 Å². The van der Waals surface area contributed by atoms with Crippen LogP contribution in [0.4, 0.5) is 20.3 Å². The zero-order chi connectivity index (χ0) is 14.1. The Morgan fingerprint density at radius 1 is 1.10 bits per heavy atom. The number of benzene rings is 2. The number of fused-ring (bicyclic) bond motifs is 1. The number of halogens is 2. The molecule has 0 saturated heterocycles. The number of anilines is 2. The molecule has 0 amide bonds. The quantitative estimate of drug-likeness (QED) is 0.737. The molecule has 0 bridgehead atoms. The Morgan fingerprint density at radius 2 is 1.90 bits per heavy atom. The molecule has 1 heterocycles. The number of nitrogens with one attached hydrogen (secondary N) is 2. The molecule has 3 aromatic rings. The van der Waals surface area contributed by atoms with E-state index in [4.69, 9.17) is 0 Å². The fourth-order valence-electron chi connectivity index (χ4n) is 2.08. The summed E-state index contributed by atoms with van der Waals surface area (Å²) >= 11 is 0. The number of nitrogens with zero attached hydrogens (tertiary/aromatic N) is 1. The van der Waals surface area contributed by atoms with Crippen molar-refractivity contribution in [3.05, 3.63) is 59.7 Å². The summed E-state index contributed by atoms with van der Waals surface area (Å²) in [6.45, 7) is 0. The van der Waals surface area contributed by atoms with Gasteiger partial charge >= 0.3 is 0 Å². The molecule has 1 aromatic heterocycles. The van der Waals surface area contributed by atoms with Gasteiger partial charge in [-0.1, -0.05) is 18.2 Å². The number of para-hydroxylation sites is 1. The topological polar surface area (TPSA) is 51.6 Å². The standard InChI is InChI=1S/C15H9F2N3/c16-9-5-6-14(12(17)7-9)20-15-11(8-18)10-3-1-2-4-13(10)19-15/h1-7,19-20H. The highest BCUT2D eigenvalue weighted by atomic mass is 19.1. The maximum absolute atomic E-state index is 13.6. The summed E-state index contributed by atoms with van der Waals surface area (Å²) in [5.41, 5.74) is 1.27. The third-order valence-electron chi connectivity index (χ3n) is 3.01. The van der Waals surface area contributed by atoms with Crippen molar-refractivity contribution >= 4 is 22.4 Å². The molecule has 0 saturated carbocycles. The molecule has 0 aliphatic heterocycles. The summed E-state index contributed by atoms with van der Waals surface area (Å²) in [4.78, 5) is 3.01. The third-order valence-corrected chi connectivity index (χ3v) is 3.01. The largest absolute Gasteiger partial charge is 0.340 e. The fraction of sp³-hybridized carbons (Fsp3) is 0. The summed E-state index contributed by atoms with van der Waals surface area (Å²) in [7, 11) is 0. The van der Waals surface area contributed by atoms with Gasteiger partial charge in [0.25, 0.3) is 0 Å². The highest BCUT2D eigenvalue weighted by molar-refractivity contribution is 5.92. The normalized spacial score (nSPS) is 10.4. The third kappa shape index (κ3) is 1.97. The zero-order valence-corrected chi connectivity index (χ0v) is 10.2. The zero-order valence-electron chi connectivity index (χ0n) is 10.2. The lowest BCUT2D eigenvalue weighted by atomic mass is 10.2. The minimum Gasteiger partial charge on any atom is -0.340 e. The Morgan fingerprint density at radius 3 is 2.65 bits per heavy atom. The van der Waals surface area contributed by atoms with Gasteiger partial charge in [-0.25, -0.2) is 8.78 Å². The minimum absolute atomic E-state index is 0.106. The van der Waals surface area contributed by atoms with Crippen molar-refractivity contribution in [2.45, 2.75) is 0 Å². The molecule has 0 spiro atoms. The molecule has 0 atom stereocenters. The molecule has 2 aromatic carbocycles. The molecule has 3 nitrogen and oxygen atoms in total. The van der Waals surface area contributed by atoms with E-state index >= 15 is 0 Å². The van der Waals surface area contributed by atoms with Crippen molar-refractivity contribution in [2.24, 2.45) is 0 Å². The molecular weight excluding hydrogens is 260 g/mol. The number of nitriles is 1. The monoisotopic (exact) mass is 269 g/mol. The van der Waals surface area contributed by atoms with E-state index in [2.05, 4.69) is 16.4 Å². The highest BCUT2D eigenvalue weighted by Gasteiger charge is 2.12. The fourth-order valence-corrected chi connectivity index (χ4v) is 2.08. The Kier molecular flexibility index (Phi) is 2.84. The second-order valence-electron chi connectivity index (χ2n) is 4.28. The molecule has 5 heteroatoms. The van der Waals surface area contributed by atoms with Crippen LogP contribution in [-0.4, -0.2) is 4.98 Å². The first-order chi connectivity index (χ1) is 9.69. The van der Waals surface area contributed by atoms with Gasteiger partial charge in [0, 0.05) is 17.0 Å². The summed E-state index contributed by atoms with van der Waals surface area (Å²) in [5.74, 6) is -0.975. The van der Waals surface area contributed by atoms with E-state index in [1.165, 1.54) is 6.07 Å². The highest BCUT2D eigenvalue weighted by Crippen LogP contribution is 2.28. The predicted molar refractivity (Wildman–Crippen MR) is 72.7 cm³/mol. The molecule has 98 valence electrons. The van der Waals surface area contributed by atoms with Gasteiger partial charge in [-0.05, 0) is 18.2 Å². The smallest absolute Gasteiger partial charge is 0.149 e. The van der Waals surface area contributed by atoms with Crippen LogP contribution in [0.3, 0.4) is 0 Å². The van der Waals surface area contributed by atoms with Crippen molar-refractivity contribution in [2.75, 3.05) is 5.32 Å². The molecule has 0 aliphatic rings. The van der Waals surface area contributed by atoms with Crippen LogP contribution in [-0.2, 0) is 0 Å². The van der Waals surface area contributed by atoms with Crippen molar-refractivity contribution in [1.82, 2.24) is 4.98 Å². The van der Waals surface area contributed by atoms with E-state index in [1.807, 2.05) is 18.2 Å². The lowest BCUT2D eigenvalue weighted by molar-refractivity contribution is 0.586. The second kappa shape index (κ2) is 4.67. The summed E-state index contributed by atoms with van der Waals surface area (Å²) in [6.07, 6.45) is 0. The molecule has 0 aliphatic carbocycles. The van der Waals surface area contributed by atoms with Crippen LogP contribution >= 0.6 is 0 Å². The van der Waals surface area contributed by atoms with Crippen molar-refractivity contribution in [3.8, 4) is 6.07 Å². The molecule has 0 unspecified atom stereocenters. The van der Waals surface area contributed by atoms with Gasteiger partial charge in [0.15, 0.2) is 0 Å². The maximum Gasteiger partial charge on any atom is 0.149 e. The summed E-state index contributed by atoms with van der Waals surface area (Å²) in [6, 6.07) is 12.6. The predicted octanol–water partition coefficient (Wildman–Crippen LogP) is 4.06. The van der Waals surface area contributed by atoms with Crippen molar-refractivity contribution < 1.29 is 8.78 Å². The average Bonchev–Trinajstić information content (AvgIpc) is 2.79. The Balaban J connectivity index is 2.09.